The van der Waals surface area contributed by atoms with Gasteiger partial charge >= 0.3 is 6.09 Å². The van der Waals surface area contributed by atoms with Crippen molar-refractivity contribution in [1.29, 1.82) is 0 Å². The molecule has 1 aromatic heterocycles. The van der Waals surface area contributed by atoms with Crippen LogP contribution in [0.5, 0.6) is 0 Å². The number of benzene rings is 2. The highest BCUT2D eigenvalue weighted by atomic mass is 28.4. The van der Waals surface area contributed by atoms with E-state index in [-0.39, 0.29) is 45.7 Å². The van der Waals surface area contributed by atoms with Crippen LogP contribution in [0.15, 0.2) is 41.3 Å². The third kappa shape index (κ3) is 9.58. The van der Waals surface area contributed by atoms with E-state index in [2.05, 4.69) is 64.9 Å². The molecule has 5 rings (SSSR count). The van der Waals surface area contributed by atoms with Gasteiger partial charge in [-0.2, -0.15) is 0 Å². The molecule has 2 aromatic carbocycles. The molecule has 1 N–H and O–H groups in total. The van der Waals surface area contributed by atoms with E-state index < -0.39 is 19.7 Å². The largest absolute Gasteiger partial charge is 0.444 e. The van der Waals surface area contributed by atoms with Gasteiger partial charge in [0.05, 0.1) is 0 Å². The summed E-state index contributed by atoms with van der Waals surface area (Å²) in [5.41, 5.74) is 2.04. The fraction of sp³-hybridized carbons (Fsp3) is 0.595. The highest BCUT2D eigenvalue weighted by molar-refractivity contribution is 6.74. The monoisotopic (exact) mass is 748 g/mol. The Bertz CT molecular complexity index is 1910. The molecule has 1 aliphatic heterocycles. The van der Waals surface area contributed by atoms with E-state index in [0.29, 0.717) is 55.8 Å². The Balaban J connectivity index is 1.54. The second-order valence-electron chi connectivity index (χ2n) is 18.5. The third-order valence-corrected chi connectivity index (χ3v) is 15.6. The van der Waals surface area contributed by atoms with Crippen LogP contribution < -0.4 is 10.9 Å². The number of carbonyl (C=O) groups excluding carboxylic acids is 2. The van der Waals surface area contributed by atoms with Gasteiger partial charge in [0.15, 0.2) is 8.32 Å². The molecule has 2 amide bonds. The van der Waals surface area contributed by atoms with Gasteiger partial charge in [-0.1, -0.05) is 40.7 Å². The lowest BCUT2D eigenvalue weighted by atomic mass is 9.92. The topological polar surface area (TPSA) is 93.1 Å². The van der Waals surface area contributed by atoms with E-state index in [9.17, 15) is 14.4 Å². The Morgan fingerprint density at radius 3 is 2.19 bits per heavy atom. The number of halogens is 1. The van der Waals surface area contributed by atoms with Crippen molar-refractivity contribution in [2.75, 3.05) is 32.8 Å². The average molecular weight is 749 g/mol. The molecule has 3 aromatic rings. The second-order valence-corrected chi connectivity index (χ2v) is 23.4. The Morgan fingerprint density at radius 2 is 1.60 bits per heavy atom. The fourth-order valence-electron chi connectivity index (χ4n) is 6.56. The first-order valence-electron chi connectivity index (χ1n) is 19.1. The van der Waals surface area contributed by atoms with Gasteiger partial charge in [-0.05, 0) is 117 Å². The molecule has 2 fully saturated rings. The number of ether oxygens (including phenoxy) is 1. The SMILES string of the molecule is Cc1c(F)cc(C(=O)NC2CC2)cc1-c1ccc2c(=O)n(CC(C)(C)CO[Si](C)(C)C(C)(C)C)cc(C(C)N3CCN(C(=O)OC(C)(C)C)CC3)c2c1. The van der Waals surface area contributed by atoms with Crippen LogP contribution in [-0.2, 0) is 15.7 Å². The minimum atomic E-state index is -2.01. The third-order valence-electron chi connectivity index (χ3n) is 11.1. The first kappa shape index (κ1) is 40.6. The first-order valence-corrected chi connectivity index (χ1v) is 22.0. The number of nitrogens with one attached hydrogen (secondary N) is 1. The molecule has 1 saturated carbocycles. The van der Waals surface area contributed by atoms with E-state index in [4.69, 9.17) is 9.16 Å². The fourth-order valence-corrected chi connectivity index (χ4v) is 7.74. The molecule has 1 saturated heterocycles. The Hall–Kier alpha value is -3.54. The Kier molecular flexibility index (Phi) is 11.5. The normalized spacial score (nSPS) is 16.9. The average Bonchev–Trinajstić information content (AvgIpc) is 3.88. The predicted octanol–water partition coefficient (Wildman–Crippen LogP) is 8.67. The van der Waals surface area contributed by atoms with Gasteiger partial charge < -0.3 is 23.9 Å². The van der Waals surface area contributed by atoms with Crippen LogP contribution in [0.2, 0.25) is 18.1 Å². The molecule has 0 radical (unpaired) electrons. The highest BCUT2D eigenvalue weighted by Gasteiger charge is 2.39. The van der Waals surface area contributed by atoms with Crippen molar-refractivity contribution in [3.63, 3.8) is 0 Å². The molecule has 53 heavy (non-hydrogen) atoms. The van der Waals surface area contributed by atoms with Crippen LogP contribution in [0.4, 0.5) is 9.18 Å². The van der Waals surface area contributed by atoms with Crippen molar-refractivity contribution in [3.8, 4) is 11.1 Å². The van der Waals surface area contributed by atoms with E-state index in [1.165, 1.54) is 6.07 Å². The maximum Gasteiger partial charge on any atom is 0.410 e. The number of piperazine rings is 1. The number of nitrogens with zero attached hydrogens (tertiary/aromatic N) is 3. The summed E-state index contributed by atoms with van der Waals surface area (Å²) in [6, 6.07) is 8.77. The number of amides is 2. The maximum absolute atomic E-state index is 15.4. The highest BCUT2D eigenvalue weighted by Crippen LogP contribution is 2.38. The molecular formula is C42H61FN4O5Si. The molecule has 9 nitrogen and oxygen atoms in total. The number of fused-ring (bicyclic) bond motifs is 1. The lowest BCUT2D eigenvalue weighted by Crippen LogP contribution is -2.50. The Morgan fingerprint density at radius 1 is 0.962 bits per heavy atom. The zero-order chi connectivity index (χ0) is 39.3. The van der Waals surface area contributed by atoms with E-state index >= 15 is 4.39 Å². The lowest BCUT2D eigenvalue weighted by molar-refractivity contribution is 0.0110. The summed E-state index contributed by atoms with van der Waals surface area (Å²) in [5.74, 6) is -0.728. The van der Waals surface area contributed by atoms with Crippen molar-refractivity contribution in [3.05, 3.63) is 69.4 Å². The summed E-state index contributed by atoms with van der Waals surface area (Å²) in [5, 5.41) is 4.40. The number of hydrogen-bond donors (Lipinski definition) is 1. The first-order chi connectivity index (χ1) is 24.5. The van der Waals surface area contributed by atoms with Crippen LogP contribution >= 0.6 is 0 Å². The van der Waals surface area contributed by atoms with Crippen molar-refractivity contribution in [2.45, 2.75) is 124 Å². The van der Waals surface area contributed by atoms with Crippen molar-refractivity contribution < 1.29 is 23.1 Å². The van der Waals surface area contributed by atoms with Gasteiger partial charge in [-0.3, -0.25) is 14.5 Å². The van der Waals surface area contributed by atoms with Crippen molar-refractivity contribution in [2.24, 2.45) is 5.41 Å². The van der Waals surface area contributed by atoms with Gasteiger partial charge in [0.2, 0.25) is 0 Å². The van der Waals surface area contributed by atoms with Gasteiger partial charge in [-0.25, -0.2) is 9.18 Å². The predicted molar refractivity (Wildman–Crippen MR) is 214 cm³/mol. The number of hydrogen-bond acceptors (Lipinski definition) is 6. The van der Waals surface area contributed by atoms with E-state index in [0.717, 1.165) is 29.4 Å². The molecule has 0 spiro atoms. The summed E-state index contributed by atoms with van der Waals surface area (Å²) >= 11 is 0. The van der Waals surface area contributed by atoms with Gasteiger partial charge in [-0.15, -0.1) is 0 Å². The molecule has 1 atom stereocenters. The molecule has 1 unspecified atom stereocenters. The summed E-state index contributed by atoms with van der Waals surface area (Å²) in [4.78, 5) is 44.2. The molecule has 290 valence electrons. The number of carbonyl (C=O) groups is 2. The Labute approximate surface area is 316 Å². The summed E-state index contributed by atoms with van der Waals surface area (Å²) in [6.45, 7) is 28.2. The summed E-state index contributed by atoms with van der Waals surface area (Å²) in [7, 11) is -2.01. The quantitative estimate of drug-likeness (QED) is 0.209. The minimum absolute atomic E-state index is 0.0679. The van der Waals surface area contributed by atoms with Gasteiger partial charge in [0.1, 0.15) is 11.4 Å². The minimum Gasteiger partial charge on any atom is -0.444 e. The zero-order valence-corrected chi connectivity index (χ0v) is 35.0. The van der Waals surface area contributed by atoms with Gasteiger partial charge in [0, 0.05) is 74.0 Å². The molecule has 2 aliphatic rings. The molecule has 0 bridgehead atoms. The number of rotatable bonds is 10. The van der Waals surface area contributed by atoms with Crippen molar-refractivity contribution in [1.82, 2.24) is 19.7 Å². The van der Waals surface area contributed by atoms with Crippen LogP contribution in [-0.4, -0.2) is 79.1 Å². The van der Waals surface area contributed by atoms with E-state index in [1.54, 1.807) is 17.9 Å². The number of pyridine rings is 1. The van der Waals surface area contributed by atoms with Crippen LogP contribution in [0.3, 0.4) is 0 Å². The summed E-state index contributed by atoms with van der Waals surface area (Å²) in [6.07, 6.45) is 3.55. The van der Waals surface area contributed by atoms with Gasteiger partial charge in [0.25, 0.3) is 11.5 Å². The maximum atomic E-state index is 15.4. The molecule has 1 aliphatic carbocycles. The van der Waals surface area contributed by atoms with Crippen LogP contribution in [0, 0.1) is 18.2 Å². The number of aromatic nitrogens is 1. The summed E-state index contributed by atoms with van der Waals surface area (Å²) < 4.78 is 29.5. The standard InChI is InChI=1S/C42H61FN4O5Si/c1-27-33(22-30(23-36(27)43)37(48)44-31-14-15-31)29-13-16-32-34(21-29)35(28(2)45-17-19-46(20-18-45)39(50)52-40(3,4)5)24-47(38(32)49)25-42(9,10)26-51-53(11,12)41(6,7)8/h13,16,21-24,28,31H,14-15,17-20,25-26H2,1-12H3,(H,44,48). The van der Waals surface area contributed by atoms with Crippen LogP contribution in [0.1, 0.15) is 103 Å². The van der Waals surface area contributed by atoms with Crippen LogP contribution in [0.25, 0.3) is 21.9 Å². The smallest absolute Gasteiger partial charge is 0.410 e. The molecule has 2 heterocycles. The van der Waals surface area contributed by atoms with E-state index in [1.807, 2.05) is 49.7 Å². The van der Waals surface area contributed by atoms with Crippen molar-refractivity contribution >= 4 is 31.1 Å². The zero-order valence-electron chi connectivity index (χ0n) is 34.0. The second kappa shape index (κ2) is 14.9. The molecular weight excluding hydrogens is 688 g/mol. The molecule has 11 heteroatoms. The lowest BCUT2D eigenvalue weighted by Gasteiger charge is -2.39.